The van der Waals surface area contributed by atoms with Gasteiger partial charge in [-0.3, -0.25) is 14.8 Å². The highest BCUT2D eigenvalue weighted by molar-refractivity contribution is 7.93. The molecule has 8 nitrogen and oxygen atoms in total. The lowest BCUT2D eigenvalue weighted by Gasteiger charge is -2.18. The number of nitrogens with zero attached hydrogens (tertiary/aromatic N) is 2. The van der Waals surface area contributed by atoms with Crippen LogP contribution in [0.1, 0.15) is 13.3 Å². The largest absolute Gasteiger partial charge is 0.460 e. The summed E-state index contributed by atoms with van der Waals surface area (Å²) < 4.78 is 35.2. The minimum atomic E-state index is -3.96. The van der Waals surface area contributed by atoms with Crippen molar-refractivity contribution < 1.29 is 18.1 Å². The van der Waals surface area contributed by atoms with Gasteiger partial charge in [0.2, 0.25) is 5.70 Å². The first kappa shape index (κ1) is 20.0. The highest BCUT2D eigenvalue weighted by atomic mass is 32.2. The first-order chi connectivity index (χ1) is 14.3. The number of nitro groups is 1. The molecule has 1 heterocycles. The Hall–Kier alpha value is -3.24. The number of ether oxygens (including phenoxy) is 1. The lowest BCUT2D eigenvalue weighted by Crippen LogP contribution is -2.17. The highest BCUT2D eigenvalue weighted by Gasteiger charge is 2.27. The predicted molar refractivity (Wildman–Crippen MR) is 114 cm³/mol. The molecule has 0 spiro atoms. The lowest BCUT2D eigenvalue weighted by atomic mass is 9.98. The molecule has 2 aromatic carbocycles. The molecule has 0 radical (unpaired) electrons. The normalized spacial score (nSPS) is 16.6. The topological polar surface area (TPSA) is 111 Å². The summed E-state index contributed by atoms with van der Waals surface area (Å²) in [6.07, 6.45) is 3.19. The van der Waals surface area contributed by atoms with Crippen LogP contribution >= 0.6 is 11.3 Å². The SMILES string of the molecule is CC1CC(Oc2ccccc2S(=O)(=O)Nc2nc3ccccc3s2)=CC=C1[N+](=O)[O-]. The standard InChI is InChI=1S/C20H17N3O5S2/c1-13-12-14(10-11-16(13)23(24)25)28-17-7-3-5-9-19(17)30(26,27)22-20-21-15-6-2-4-8-18(15)29-20/h2-11,13H,12H2,1H3,(H,21,22). The zero-order valence-electron chi connectivity index (χ0n) is 15.8. The van der Waals surface area contributed by atoms with Crippen molar-refractivity contribution >= 4 is 36.7 Å². The van der Waals surface area contributed by atoms with E-state index in [9.17, 15) is 18.5 Å². The molecule has 1 N–H and O–H groups in total. The molecule has 0 aliphatic heterocycles. The second-order valence-electron chi connectivity index (χ2n) is 6.73. The third kappa shape index (κ3) is 4.05. The average Bonchev–Trinajstić information content (AvgIpc) is 3.09. The Bertz CT molecular complexity index is 1260. The van der Waals surface area contributed by atoms with Crippen LogP contribution in [0, 0.1) is 16.0 Å². The van der Waals surface area contributed by atoms with Crippen molar-refractivity contribution in [1.82, 2.24) is 4.98 Å². The molecule has 3 aromatic rings. The van der Waals surface area contributed by atoms with Crippen LogP contribution < -0.4 is 9.46 Å². The molecular weight excluding hydrogens is 426 g/mol. The lowest BCUT2D eigenvalue weighted by molar-refractivity contribution is -0.433. The molecular formula is C20H17N3O5S2. The molecule has 1 atom stereocenters. The summed E-state index contributed by atoms with van der Waals surface area (Å²) in [4.78, 5) is 14.9. The number of benzene rings is 2. The zero-order chi connectivity index (χ0) is 21.3. The molecule has 154 valence electrons. The summed E-state index contributed by atoms with van der Waals surface area (Å²) in [6.45, 7) is 1.72. The summed E-state index contributed by atoms with van der Waals surface area (Å²) in [6, 6.07) is 13.6. The summed E-state index contributed by atoms with van der Waals surface area (Å²) in [5.74, 6) is 0.253. The first-order valence-corrected chi connectivity index (χ1v) is 11.3. The van der Waals surface area contributed by atoms with Crippen molar-refractivity contribution in [3.8, 4) is 5.75 Å². The second-order valence-corrected chi connectivity index (χ2v) is 9.41. The number of hydrogen-bond acceptors (Lipinski definition) is 7. The van der Waals surface area contributed by atoms with Crippen LogP contribution in [0.3, 0.4) is 0 Å². The van der Waals surface area contributed by atoms with E-state index in [0.717, 1.165) is 4.70 Å². The summed E-state index contributed by atoms with van der Waals surface area (Å²) in [5, 5.41) is 11.3. The van der Waals surface area contributed by atoms with Gasteiger partial charge >= 0.3 is 0 Å². The quantitative estimate of drug-likeness (QED) is 0.442. The molecule has 1 aliphatic rings. The molecule has 0 bridgehead atoms. The van der Waals surface area contributed by atoms with Gasteiger partial charge < -0.3 is 4.74 Å². The Labute approximate surface area is 176 Å². The summed E-state index contributed by atoms with van der Waals surface area (Å²) >= 11 is 1.24. The van der Waals surface area contributed by atoms with Crippen LogP contribution in [0.15, 0.2) is 77.0 Å². The van der Waals surface area contributed by atoms with Crippen molar-refractivity contribution in [3.05, 3.63) is 82.3 Å². The number of thiazole rings is 1. The minimum absolute atomic E-state index is 0.0399. The maximum absolute atomic E-state index is 13.0. The van der Waals surface area contributed by atoms with E-state index in [0.29, 0.717) is 17.7 Å². The summed E-state index contributed by atoms with van der Waals surface area (Å²) in [5.41, 5.74) is 0.806. The fourth-order valence-corrected chi connectivity index (χ4v) is 5.35. The van der Waals surface area contributed by atoms with Crippen LogP contribution in [0.25, 0.3) is 10.2 Å². The van der Waals surface area contributed by atoms with E-state index in [1.54, 1.807) is 25.1 Å². The highest BCUT2D eigenvalue weighted by Crippen LogP contribution is 2.33. The fraction of sp³-hybridized carbons (Fsp3) is 0.150. The van der Waals surface area contributed by atoms with E-state index in [2.05, 4.69) is 9.71 Å². The van der Waals surface area contributed by atoms with Gasteiger partial charge in [-0.1, -0.05) is 42.5 Å². The fourth-order valence-electron chi connectivity index (χ4n) is 3.12. The van der Waals surface area contributed by atoms with Gasteiger partial charge in [-0.15, -0.1) is 0 Å². The molecule has 1 aromatic heterocycles. The number of anilines is 1. The predicted octanol–water partition coefficient (Wildman–Crippen LogP) is 4.56. The number of para-hydroxylation sites is 2. The molecule has 1 unspecified atom stereocenters. The van der Waals surface area contributed by atoms with Crippen molar-refractivity contribution in [2.45, 2.75) is 18.2 Å². The molecule has 1 aliphatic carbocycles. The van der Waals surface area contributed by atoms with Gasteiger partial charge in [0, 0.05) is 12.5 Å². The molecule has 0 saturated heterocycles. The minimum Gasteiger partial charge on any atom is -0.460 e. The van der Waals surface area contributed by atoms with Gasteiger partial charge in [0.1, 0.15) is 16.4 Å². The van der Waals surface area contributed by atoms with Gasteiger partial charge in [-0.2, -0.15) is 0 Å². The maximum Gasteiger partial charge on any atom is 0.267 e. The number of hydrogen-bond donors (Lipinski definition) is 1. The van der Waals surface area contributed by atoms with Gasteiger partial charge in [0.25, 0.3) is 10.0 Å². The number of allylic oxidation sites excluding steroid dienone is 4. The van der Waals surface area contributed by atoms with E-state index in [-0.39, 0.29) is 27.4 Å². The third-order valence-corrected chi connectivity index (χ3v) is 7.02. The number of fused-ring (bicyclic) bond motifs is 1. The average molecular weight is 444 g/mol. The molecule has 10 heteroatoms. The van der Waals surface area contributed by atoms with E-state index in [4.69, 9.17) is 4.74 Å². The van der Waals surface area contributed by atoms with Crippen LogP contribution in [0.4, 0.5) is 5.13 Å². The smallest absolute Gasteiger partial charge is 0.267 e. The van der Waals surface area contributed by atoms with Crippen LogP contribution in [-0.4, -0.2) is 18.3 Å². The van der Waals surface area contributed by atoms with Gasteiger partial charge in [0.15, 0.2) is 5.13 Å². The van der Waals surface area contributed by atoms with Gasteiger partial charge in [-0.05, 0) is 30.3 Å². The Morgan fingerprint density at radius 2 is 1.90 bits per heavy atom. The van der Waals surface area contributed by atoms with Crippen molar-refractivity contribution in [2.75, 3.05) is 4.72 Å². The van der Waals surface area contributed by atoms with E-state index in [1.807, 2.05) is 24.3 Å². The van der Waals surface area contributed by atoms with Crippen LogP contribution in [0.5, 0.6) is 5.75 Å². The van der Waals surface area contributed by atoms with Crippen molar-refractivity contribution in [2.24, 2.45) is 5.92 Å². The van der Waals surface area contributed by atoms with Gasteiger partial charge in [-0.25, -0.2) is 13.4 Å². The number of rotatable bonds is 6. The monoisotopic (exact) mass is 443 g/mol. The zero-order valence-corrected chi connectivity index (χ0v) is 17.4. The van der Waals surface area contributed by atoms with Crippen LogP contribution in [0.2, 0.25) is 0 Å². The third-order valence-electron chi connectivity index (χ3n) is 4.56. The Balaban J connectivity index is 1.62. The van der Waals surface area contributed by atoms with E-state index < -0.39 is 14.9 Å². The Morgan fingerprint density at radius 3 is 2.63 bits per heavy atom. The number of nitrogens with one attached hydrogen (secondary N) is 1. The van der Waals surface area contributed by atoms with E-state index >= 15 is 0 Å². The molecule has 0 amide bonds. The van der Waals surface area contributed by atoms with Crippen molar-refractivity contribution in [3.63, 3.8) is 0 Å². The Kier molecular flexibility index (Phi) is 5.27. The summed E-state index contributed by atoms with van der Waals surface area (Å²) in [7, 11) is -3.96. The molecule has 4 rings (SSSR count). The van der Waals surface area contributed by atoms with E-state index in [1.165, 1.54) is 29.6 Å². The maximum atomic E-state index is 13.0. The first-order valence-electron chi connectivity index (χ1n) is 9.04. The van der Waals surface area contributed by atoms with Crippen LogP contribution in [-0.2, 0) is 10.0 Å². The molecule has 30 heavy (non-hydrogen) atoms. The van der Waals surface area contributed by atoms with Crippen molar-refractivity contribution in [1.29, 1.82) is 0 Å². The Morgan fingerprint density at radius 1 is 1.17 bits per heavy atom. The number of aromatic nitrogens is 1. The molecule has 0 fully saturated rings. The molecule has 0 saturated carbocycles. The second kappa shape index (κ2) is 7.88. The number of sulfonamides is 1. The van der Waals surface area contributed by atoms with Gasteiger partial charge in [0.05, 0.1) is 21.1 Å².